The molecule has 5 aliphatic carbocycles. The number of aliphatic hydroxyl groups is 1. The van der Waals surface area contributed by atoms with Crippen LogP contribution in [0.2, 0.25) is 0 Å². The van der Waals surface area contributed by atoms with E-state index < -0.39 is 0 Å². The largest absolute Gasteiger partial charge is 0.512 e. The molecule has 3 heterocycles. The summed E-state index contributed by atoms with van der Waals surface area (Å²) in [6.07, 6.45) is 14.0. The Hall–Kier alpha value is -4.71. The SMILES string of the molecule is CC(C)(C)/C(O)=C/C(=O)C12CC3CC(CC(C3)C1)C2.Cc1cccc(C)c1-c1ccc2c(n1)oc1c(-c3nc(C(C)C)nc4c3ccc3cc(C)c(C5CCCC5)c(C)c34)[c-]ccc12.[Ir]. The van der Waals surface area contributed by atoms with Crippen molar-refractivity contribution in [3.63, 3.8) is 0 Å². The van der Waals surface area contributed by atoms with E-state index in [9.17, 15) is 9.90 Å². The molecule has 5 aliphatic rings. The first-order chi connectivity index (χ1) is 30.6. The van der Waals surface area contributed by atoms with E-state index in [1.807, 2.05) is 26.8 Å². The van der Waals surface area contributed by atoms with Crippen LogP contribution in [0.5, 0.6) is 0 Å². The molecule has 6 nitrogen and oxygen atoms in total. The number of ketones is 1. The van der Waals surface area contributed by atoms with Gasteiger partial charge in [0.2, 0.25) is 5.71 Å². The number of aliphatic hydroxyl groups excluding tert-OH is 1. The monoisotopic (exact) mass is 1040 g/mol. The smallest absolute Gasteiger partial charge is 0.216 e. The summed E-state index contributed by atoms with van der Waals surface area (Å²) in [6, 6.07) is 25.0. The van der Waals surface area contributed by atoms with Gasteiger partial charge in [0.15, 0.2) is 5.78 Å². The number of pyridine rings is 1. The summed E-state index contributed by atoms with van der Waals surface area (Å²) in [7, 11) is 0. The fourth-order valence-corrected chi connectivity index (χ4v) is 12.8. The van der Waals surface area contributed by atoms with Gasteiger partial charge in [0.1, 0.15) is 11.6 Å². The first-order valence-electron chi connectivity index (χ1n) is 24.1. The van der Waals surface area contributed by atoms with Crippen molar-refractivity contribution in [3.05, 3.63) is 112 Å². The molecule has 7 heteroatoms. The molecule has 1 radical (unpaired) electrons. The van der Waals surface area contributed by atoms with Gasteiger partial charge in [-0.05, 0) is 153 Å². The summed E-state index contributed by atoms with van der Waals surface area (Å²) >= 11 is 0. The van der Waals surface area contributed by atoms with E-state index in [1.54, 1.807) is 6.08 Å². The normalized spacial score (nSPS) is 22.0. The molecule has 65 heavy (non-hydrogen) atoms. The third-order valence-electron chi connectivity index (χ3n) is 15.6. The fraction of sp³-hybridized carbons (Fsp3) is 0.448. The molecule has 4 aromatic carbocycles. The maximum Gasteiger partial charge on any atom is 0.216 e. The average Bonchev–Trinajstić information content (AvgIpc) is 3.91. The van der Waals surface area contributed by atoms with Gasteiger partial charge in [-0.3, -0.25) is 9.78 Å². The average molecular weight is 1040 g/mol. The third kappa shape index (κ3) is 8.07. The quantitative estimate of drug-likeness (QED) is 0.0772. The molecule has 0 aliphatic heterocycles. The van der Waals surface area contributed by atoms with E-state index in [2.05, 4.69) is 102 Å². The van der Waals surface area contributed by atoms with Crippen molar-refractivity contribution in [2.24, 2.45) is 28.6 Å². The second kappa shape index (κ2) is 17.2. The number of carbonyl (C=O) groups excluding carboxylic acids is 1. The zero-order valence-electron chi connectivity index (χ0n) is 39.7. The van der Waals surface area contributed by atoms with Crippen LogP contribution in [0.25, 0.3) is 66.3 Å². The number of nitrogens with zero attached hydrogens (tertiary/aromatic N) is 3. The molecule has 12 rings (SSSR count). The number of hydrogen-bond donors (Lipinski definition) is 1. The van der Waals surface area contributed by atoms with Crippen LogP contribution in [-0.2, 0) is 24.9 Å². The molecule has 5 fully saturated rings. The van der Waals surface area contributed by atoms with Crippen LogP contribution in [0.4, 0.5) is 0 Å². The standard InChI is InChI=1S/C41H38N3O.C17H26O2.Ir/c1-22(2)40-43-37(31-18-17-28-21-25(5)35(27-13-7-8-14-27)26(6)36(28)38(31)44-40)32-16-10-15-29-30-19-20-33(42-41(30)45-39(29)32)34-23(3)11-9-12-24(34)4;1-16(2,3)14(18)7-15(19)17-8-11-4-12(9-17)6-13(5-11)10-17;/h9-12,15,17-22,27H,7-8,13-14H2,1-6H3;7,11-13,18H,4-6,8-10H2,1-3H3;/q-1;;/b;14-7-;. The number of hydrogen-bond acceptors (Lipinski definition) is 6. The van der Waals surface area contributed by atoms with Crippen molar-refractivity contribution in [2.75, 3.05) is 0 Å². The Morgan fingerprint density at radius 2 is 1.48 bits per heavy atom. The van der Waals surface area contributed by atoms with Gasteiger partial charge in [-0.1, -0.05) is 94.8 Å². The second-order valence-electron chi connectivity index (χ2n) is 21.7. The van der Waals surface area contributed by atoms with Crippen molar-refractivity contribution in [2.45, 2.75) is 138 Å². The summed E-state index contributed by atoms with van der Waals surface area (Å²) in [5, 5.41) is 15.6. The number of benzene rings is 4. The fourth-order valence-electron chi connectivity index (χ4n) is 12.8. The molecule has 339 valence electrons. The number of allylic oxidation sites excluding steroid dienone is 2. The number of fused-ring (bicyclic) bond motifs is 6. The maximum absolute atomic E-state index is 12.7. The Labute approximate surface area is 398 Å². The van der Waals surface area contributed by atoms with E-state index in [0.29, 0.717) is 11.6 Å². The maximum atomic E-state index is 12.7. The molecular weight excluding hydrogens is 979 g/mol. The number of aromatic nitrogens is 3. The summed E-state index contributed by atoms with van der Waals surface area (Å²) < 4.78 is 6.64. The zero-order chi connectivity index (χ0) is 44.8. The van der Waals surface area contributed by atoms with Gasteiger partial charge in [-0.15, -0.1) is 18.2 Å². The van der Waals surface area contributed by atoms with E-state index >= 15 is 0 Å². The van der Waals surface area contributed by atoms with E-state index in [4.69, 9.17) is 19.4 Å². The third-order valence-corrected chi connectivity index (χ3v) is 15.6. The van der Waals surface area contributed by atoms with Gasteiger partial charge < -0.3 is 9.52 Å². The number of aryl methyl sites for hydroxylation is 4. The van der Waals surface area contributed by atoms with Crippen molar-refractivity contribution in [1.29, 1.82) is 0 Å². The van der Waals surface area contributed by atoms with E-state index in [0.717, 1.165) is 92.6 Å². The van der Waals surface area contributed by atoms with E-state index in [-0.39, 0.29) is 48.4 Å². The van der Waals surface area contributed by atoms with Crippen molar-refractivity contribution < 1.29 is 34.4 Å². The number of furan rings is 1. The molecule has 7 aromatic rings. The predicted octanol–water partition coefficient (Wildman–Crippen LogP) is 15.5. The van der Waals surface area contributed by atoms with Crippen molar-refractivity contribution in [3.8, 4) is 22.5 Å². The molecule has 0 saturated heterocycles. The summed E-state index contributed by atoms with van der Waals surface area (Å²) in [6.45, 7) is 19.1. The van der Waals surface area contributed by atoms with Crippen LogP contribution < -0.4 is 0 Å². The summed E-state index contributed by atoms with van der Waals surface area (Å²) in [5.41, 5.74) is 12.5. The number of carbonyl (C=O) groups is 1. The Kier molecular flexibility index (Phi) is 12.0. The van der Waals surface area contributed by atoms with Gasteiger partial charge in [0.25, 0.3) is 0 Å². The van der Waals surface area contributed by atoms with Gasteiger partial charge in [-0.2, -0.15) is 0 Å². The van der Waals surface area contributed by atoms with Crippen molar-refractivity contribution in [1.82, 2.24) is 15.0 Å². The van der Waals surface area contributed by atoms with Crippen LogP contribution in [-0.4, -0.2) is 25.8 Å². The van der Waals surface area contributed by atoms with Gasteiger partial charge in [0, 0.05) is 65.0 Å². The van der Waals surface area contributed by atoms with Crippen LogP contribution in [0, 0.1) is 62.3 Å². The van der Waals surface area contributed by atoms with Crippen LogP contribution >= 0.6 is 0 Å². The van der Waals surface area contributed by atoms with E-state index in [1.165, 1.54) is 83.5 Å². The molecule has 1 N–H and O–H groups in total. The van der Waals surface area contributed by atoms with Crippen LogP contribution in [0.1, 0.15) is 144 Å². The van der Waals surface area contributed by atoms with Gasteiger partial charge >= 0.3 is 0 Å². The van der Waals surface area contributed by atoms with Gasteiger partial charge in [0.05, 0.1) is 16.8 Å². The Morgan fingerprint density at radius 1 is 0.831 bits per heavy atom. The van der Waals surface area contributed by atoms with Crippen LogP contribution in [0.15, 0.2) is 76.9 Å². The minimum Gasteiger partial charge on any atom is -0.512 e. The zero-order valence-corrected chi connectivity index (χ0v) is 42.1. The molecule has 0 atom stereocenters. The molecule has 4 bridgehead atoms. The minimum atomic E-state index is -0.321. The Morgan fingerprint density at radius 3 is 2.11 bits per heavy atom. The summed E-state index contributed by atoms with van der Waals surface area (Å²) in [5.74, 6) is 4.42. The Balaban J connectivity index is 0.000000223. The summed E-state index contributed by atoms with van der Waals surface area (Å²) in [4.78, 5) is 28.2. The topological polar surface area (TPSA) is 89.1 Å². The molecular formula is C58H64IrN3O3-. The molecule has 5 saturated carbocycles. The molecule has 0 amide bonds. The Bertz CT molecular complexity index is 2980. The van der Waals surface area contributed by atoms with Crippen LogP contribution in [0.3, 0.4) is 0 Å². The van der Waals surface area contributed by atoms with Crippen molar-refractivity contribution >= 4 is 49.5 Å². The molecule has 0 spiro atoms. The first kappa shape index (κ1) is 45.4. The first-order valence-corrected chi connectivity index (χ1v) is 24.1. The van der Waals surface area contributed by atoms with Gasteiger partial charge in [-0.25, -0.2) is 9.97 Å². The molecule has 0 unspecified atom stereocenters. The second-order valence-corrected chi connectivity index (χ2v) is 21.7. The molecule has 3 aromatic heterocycles. The number of rotatable bonds is 6. The minimum absolute atomic E-state index is 0. The predicted molar refractivity (Wildman–Crippen MR) is 262 cm³/mol.